The number of rotatable bonds is 8. The number of nitrogens with zero attached hydrogens (tertiary/aromatic N) is 1. The van der Waals surface area contributed by atoms with Gasteiger partial charge in [0.15, 0.2) is 6.54 Å². The SMILES string of the molecule is COc1ccc(N2CC[NH+](CC(=O)NCCC[NH2+]C(C)(C)C)CC2)cc1. The van der Waals surface area contributed by atoms with E-state index in [1.54, 1.807) is 7.11 Å². The highest BCUT2D eigenvalue weighted by molar-refractivity contribution is 5.76. The minimum Gasteiger partial charge on any atom is -0.497 e. The van der Waals surface area contributed by atoms with E-state index in [0.29, 0.717) is 6.54 Å². The summed E-state index contributed by atoms with van der Waals surface area (Å²) >= 11 is 0. The molecule has 26 heavy (non-hydrogen) atoms. The fourth-order valence-corrected chi connectivity index (χ4v) is 3.21. The monoisotopic (exact) mass is 364 g/mol. The van der Waals surface area contributed by atoms with Gasteiger partial charge in [-0.05, 0) is 45.0 Å². The van der Waals surface area contributed by atoms with Crippen LogP contribution in [0.2, 0.25) is 0 Å². The quantitative estimate of drug-likeness (QED) is 0.533. The Kier molecular flexibility index (Phi) is 7.72. The molecule has 0 spiro atoms. The summed E-state index contributed by atoms with van der Waals surface area (Å²) in [4.78, 5) is 15.9. The molecule has 0 saturated carbocycles. The van der Waals surface area contributed by atoms with Crippen molar-refractivity contribution in [2.75, 3.05) is 57.8 Å². The standard InChI is InChI=1S/C20H34N4O2/c1-20(2,3)22-11-5-10-21-19(25)16-23-12-14-24(15-13-23)17-6-8-18(26-4)9-7-17/h6-9,22H,5,10-16H2,1-4H3,(H,21,25)/p+2. The minimum absolute atomic E-state index is 0.175. The summed E-state index contributed by atoms with van der Waals surface area (Å²) in [5.41, 5.74) is 1.49. The number of ether oxygens (including phenoxy) is 1. The summed E-state index contributed by atoms with van der Waals surface area (Å²) in [5, 5.41) is 5.39. The van der Waals surface area contributed by atoms with Gasteiger partial charge in [-0.1, -0.05) is 0 Å². The lowest BCUT2D eigenvalue weighted by Gasteiger charge is -2.33. The van der Waals surface area contributed by atoms with Crippen LogP contribution in [0, 0.1) is 0 Å². The van der Waals surface area contributed by atoms with Gasteiger partial charge < -0.3 is 25.2 Å². The van der Waals surface area contributed by atoms with Gasteiger partial charge in [-0.3, -0.25) is 4.79 Å². The maximum Gasteiger partial charge on any atom is 0.275 e. The van der Waals surface area contributed by atoms with Gasteiger partial charge in [0.2, 0.25) is 0 Å². The summed E-state index contributed by atoms with van der Waals surface area (Å²) in [6, 6.07) is 8.20. The molecular weight excluding hydrogens is 328 g/mol. The van der Waals surface area contributed by atoms with Crippen LogP contribution in [0.5, 0.6) is 5.75 Å². The molecule has 0 radical (unpaired) electrons. The molecule has 0 bridgehead atoms. The van der Waals surface area contributed by atoms with Crippen LogP contribution in [-0.4, -0.2) is 64.4 Å². The minimum atomic E-state index is 0.175. The molecule has 146 valence electrons. The summed E-state index contributed by atoms with van der Waals surface area (Å²) < 4.78 is 5.21. The lowest BCUT2D eigenvalue weighted by atomic mass is 10.1. The Bertz CT molecular complexity index is 546. The number of anilines is 1. The Hall–Kier alpha value is -1.79. The maximum absolute atomic E-state index is 12.1. The molecule has 1 amide bonds. The summed E-state index contributed by atoms with van der Waals surface area (Å²) in [5.74, 6) is 1.06. The third-order valence-corrected chi connectivity index (χ3v) is 4.78. The highest BCUT2D eigenvalue weighted by atomic mass is 16.5. The number of nitrogens with one attached hydrogen (secondary N) is 2. The third-order valence-electron chi connectivity index (χ3n) is 4.78. The Balaban J connectivity index is 1.62. The predicted molar refractivity (Wildman–Crippen MR) is 105 cm³/mol. The number of amides is 1. The van der Waals surface area contributed by atoms with Crippen LogP contribution in [0.4, 0.5) is 5.69 Å². The number of carbonyl (C=O) groups is 1. The Labute approximate surface area is 157 Å². The zero-order chi connectivity index (χ0) is 19.0. The summed E-state index contributed by atoms with van der Waals surface area (Å²) in [6.07, 6.45) is 1.02. The topological polar surface area (TPSA) is 62.6 Å². The third kappa shape index (κ3) is 7.22. The first-order chi connectivity index (χ1) is 12.4. The van der Waals surface area contributed by atoms with E-state index in [-0.39, 0.29) is 11.4 Å². The van der Waals surface area contributed by atoms with Crippen molar-refractivity contribution in [1.82, 2.24) is 5.32 Å². The van der Waals surface area contributed by atoms with E-state index in [4.69, 9.17) is 4.74 Å². The Morgan fingerprint density at radius 1 is 1.23 bits per heavy atom. The number of nitrogens with two attached hydrogens (primary N) is 1. The molecule has 1 aliphatic heterocycles. The second-order valence-electron chi connectivity index (χ2n) is 8.17. The number of methoxy groups -OCH3 is 1. The predicted octanol–water partition coefficient (Wildman–Crippen LogP) is -0.732. The first kappa shape index (κ1) is 20.5. The van der Waals surface area contributed by atoms with Gasteiger partial charge in [-0.15, -0.1) is 0 Å². The van der Waals surface area contributed by atoms with Crippen molar-refractivity contribution < 1.29 is 19.7 Å². The fraction of sp³-hybridized carbons (Fsp3) is 0.650. The van der Waals surface area contributed by atoms with Crippen LogP contribution < -0.4 is 25.2 Å². The zero-order valence-electron chi connectivity index (χ0n) is 16.8. The number of benzene rings is 1. The molecule has 0 unspecified atom stereocenters. The molecule has 1 heterocycles. The molecule has 1 aliphatic rings. The molecule has 2 rings (SSSR count). The van der Waals surface area contributed by atoms with Gasteiger partial charge in [0.25, 0.3) is 5.91 Å². The number of piperazine rings is 1. The molecule has 1 fully saturated rings. The van der Waals surface area contributed by atoms with Crippen molar-refractivity contribution in [2.45, 2.75) is 32.7 Å². The van der Waals surface area contributed by atoms with Gasteiger partial charge in [-0.2, -0.15) is 0 Å². The van der Waals surface area contributed by atoms with Crippen molar-refractivity contribution in [3.8, 4) is 5.75 Å². The number of quaternary nitrogens is 2. The first-order valence-corrected chi connectivity index (χ1v) is 9.71. The molecule has 0 aliphatic carbocycles. The van der Waals surface area contributed by atoms with Gasteiger partial charge in [0, 0.05) is 18.7 Å². The van der Waals surface area contributed by atoms with Crippen molar-refractivity contribution in [2.24, 2.45) is 0 Å². The summed E-state index contributed by atoms with van der Waals surface area (Å²) in [6.45, 7) is 13.0. The molecule has 0 aromatic heterocycles. The molecule has 0 atom stereocenters. The highest BCUT2D eigenvalue weighted by Gasteiger charge is 2.22. The van der Waals surface area contributed by atoms with Crippen LogP contribution >= 0.6 is 0 Å². The van der Waals surface area contributed by atoms with Crippen molar-refractivity contribution in [3.05, 3.63) is 24.3 Å². The molecule has 1 aromatic carbocycles. The fourth-order valence-electron chi connectivity index (χ4n) is 3.21. The van der Waals surface area contributed by atoms with E-state index in [1.807, 2.05) is 12.1 Å². The molecule has 1 aromatic rings. The van der Waals surface area contributed by atoms with Crippen LogP contribution in [0.1, 0.15) is 27.2 Å². The zero-order valence-corrected chi connectivity index (χ0v) is 16.8. The summed E-state index contributed by atoms with van der Waals surface area (Å²) in [7, 11) is 1.69. The van der Waals surface area contributed by atoms with Gasteiger partial charge in [0.05, 0.1) is 45.4 Å². The second kappa shape index (κ2) is 9.78. The average molecular weight is 365 g/mol. The largest absolute Gasteiger partial charge is 0.497 e. The molecule has 4 N–H and O–H groups in total. The lowest BCUT2D eigenvalue weighted by molar-refractivity contribution is -0.892. The van der Waals surface area contributed by atoms with Crippen molar-refractivity contribution >= 4 is 11.6 Å². The molecule has 6 nitrogen and oxygen atoms in total. The highest BCUT2D eigenvalue weighted by Crippen LogP contribution is 2.18. The van der Waals surface area contributed by atoms with Crippen molar-refractivity contribution in [1.29, 1.82) is 0 Å². The van der Waals surface area contributed by atoms with E-state index >= 15 is 0 Å². The van der Waals surface area contributed by atoms with Crippen LogP contribution in [0.25, 0.3) is 0 Å². The molecule has 6 heteroatoms. The van der Waals surface area contributed by atoms with Crippen LogP contribution in [0.15, 0.2) is 24.3 Å². The van der Waals surface area contributed by atoms with Gasteiger partial charge in [0.1, 0.15) is 5.75 Å². The van der Waals surface area contributed by atoms with E-state index in [9.17, 15) is 4.79 Å². The molecule has 1 saturated heterocycles. The Morgan fingerprint density at radius 3 is 2.46 bits per heavy atom. The van der Waals surface area contributed by atoms with E-state index in [2.05, 4.69) is 48.4 Å². The normalized spacial score (nSPS) is 15.8. The van der Waals surface area contributed by atoms with Gasteiger partial charge in [-0.25, -0.2) is 0 Å². The maximum atomic E-state index is 12.1. The second-order valence-corrected chi connectivity index (χ2v) is 8.17. The first-order valence-electron chi connectivity index (χ1n) is 9.71. The number of hydrogen-bond acceptors (Lipinski definition) is 3. The Morgan fingerprint density at radius 2 is 1.88 bits per heavy atom. The van der Waals surface area contributed by atoms with Crippen LogP contribution in [-0.2, 0) is 4.79 Å². The smallest absolute Gasteiger partial charge is 0.275 e. The molecular formula is C20H36N4O2+2. The lowest BCUT2D eigenvalue weighted by Crippen LogP contribution is -3.16. The van der Waals surface area contributed by atoms with E-state index in [0.717, 1.165) is 51.4 Å². The van der Waals surface area contributed by atoms with E-state index < -0.39 is 0 Å². The van der Waals surface area contributed by atoms with E-state index in [1.165, 1.54) is 10.6 Å². The van der Waals surface area contributed by atoms with Crippen molar-refractivity contribution in [3.63, 3.8) is 0 Å². The number of hydrogen-bond donors (Lipinski definition) is 3. The number of carbonyl (C=O) groups excluding carboxylic acids is 1. The van der Waals surface area contributed by atoms with Gasteiger partial charge >= 0.3 is 0 Å². The average Bonchev–Trinajstić information content (AvgIpc) is 2.61. The van der Waals surface area contributed by atoms with Crippen LogP contribution in [0.3, 0.4) is 0 Å².